The zero-order valence-corrected chi connectivity index (χ0v) is 22.6. The van der Waals surface area contributed by atoms with Crippen LogP contribution < -0.4 is 5.32 Å². The number of carbonyl (C=O) groups excluding carboxylic acids is 1. The van der Waals surface area contributed by atoms with Crippen molar-refractivity contribution in [1.29, 1.82) is 0 Å². The Morgan fingerprint density at radius 1 is 1.19 bits per heavy atom. The van der Waals surface area contributed by atoms with E-state index in [1.54, 1.807) is 11.8 Å². The fourth-order valence-corrected chi connectivity index (χ4v) is 7.44. The predicted octanol–water partition coefficient (Wildman–Crippen LogP) is 4.73. The maximum absolute atomic E-state index is 12.9. The number of benzene rings is 2. The van der Waals surface area contributed by atoms with Crippen molar-refractivity contribution in [3.63, 3.8) is 0 Å². The van der Waals surface area contributed by atoms with Crippen LogP contribution in [0.2, 0.25) is 0 Å². The summed E-state index contributed by atoms with van der Waals surface area (Å²) in [5, 5.41) is 12.8. The van der Waals surface area contributed by atoms with Crippen molar-refractivity contribution in [2.24, 2.45) is 0 Å². The summed E-state index contributed by atoms with van der Waals surface area (Å²) in [4.78, 5) is 28.6. The second kappa shape index (κ2) is 9.98. The topological polar surface area (TPSA) is 69.6 Å². The van der Waals surface area contributed by atoms with E-state index in [4.69, 9.17) is 12.2 Å². The molecule has 0 unspecified atom stereocenters. The first-order valence-corrected chi connectivity index (χ1v) is 13.7. The van der Waals surface area contributed by atoms with E-state index in [-0.39, 0.29) is 17.0 Å². The zero-order chi connectivity index (χ0) is 22.1. The molecule has 31 heavy (non-hydrogen) atoms. The Bertz CT molecular complexity index is 1110. The molecule has 0 aromatic heterocycles. The minimum Gasteiger partial charge on any atom is -0.477 e. The Balaban J connectivity index is 1.50. The van der Waals surface area contributed by atoms with Gasteiger partial charge in [0.25, 0.3) is 5.91 Å². The number of amides is 1. The van der Waals surface area contributed by atoms with Crippen LogP contribution in [0.3, 0.4) is 0 Å². The van der Waals surface area contributed by atoms with E-state index < -0.39 is 12.0 Å². The molecule has 2 aliphatic heterocycles. The molecule has 0 aliphatic carbocycles. The number of carbonyl (C=O) groups is 2. The van der Waals surface area contributed by atoms with Crippen LogP contribution in [-0.2, 0) is 16.0 Å². The lowest BCUT2D eigenvalue weighted by Gasteiger charge is -2.49. The average molecular weight is 694 g/mol. The molecule has 2 N–H and O–H groups in total. The summed E-state index contributed by atoms with van der Waals surface area (Å²) in [5.41, 5.74) is 1.18. The van der Waals surface area contributed by atoms with Gasteiger partial charge in [0.1, 0.15) is 17.1 Å². The fourth-order valence-electron chi connectivity index (χ4n) is 3.37. The molecule has 10 heteroatoms. The van der Waals surface area contributed by atoms with Gasteiger partial charge in [-0.1, -0.05) is 54.3 Å². The maximum Gasteiger partial charge on any atom is 0.353 e. The third-order valence-electron chi connectivity index (χ3n) is 4.83. The fraction of sp³-hybridized carbons (Fsp3) is 0.190. The average Bonchev–Trinajstić information content (AvgIpc) is 2.74. The molecule has 5 nitrogen and oxygen atoms in total. The highest BCUT2D eigenvalue weighted by Crippen LogP contribution is 2.45. The first-order valence-electron chi connectivity index (χ1n) is 9.23. The van der Waals surface area contributed by atoms with E-state index in [9.17, 15) is 14.7 Å². The normalized spacial score (nSPS) is 20.2. The zero-order valence-electron chi connectivity index (χ0n) is 15.9. The number of hydrogen-bond acceptors (Lipinski definition) is 5. The number of hydrogen-bond donors (Lipinski definition) is 2. The highest BCUT2D eigenvalue weighted by molar-refractivity contribution is 14.1. The van der Waals surface area contributed by atoms with Crippen LogP contribution in [0.25, 0.3) is 0 Å². The van der Waals surface area contributed by atoms with Crippen molar-refractivity contribution in [3.05, 3.63) is 71.8 Å². The Kier molecular flexibility index (Phi) is 7.51. The number of fused-ring (bicyclic) bond motifs is 1. The summed E-state index contributed by atoms with van der Waals surface area (Å²) in [6, 6.07) is 15.3. The predicted molar refractivity (Wildman–Crippen MR) is 145 cm³/mol. The lowest BCUT2D eigenvalue weighted by atomic mass is 10.0. The highest BCUT2D eigenvalue weighted by atomic mass is 127. The Hall–Kier alpha value is -0.830. The van der Waals surface area contributed by atoms with Gasteiger partial charge in [0.15, 0.2) is 0 Å². The van der Waals surface area contributed by atoms with Crippen LogP contribution in [0.1, 0.15) is 5.56 Å². The van der Waals surface area contributed by atoms with E-state index in [0.29, 0.717) is 22.1 Å². The second-order valence-corrected chi connectivity index (χ2v) is 11.9. The van der Waals surface area contributed by atoms with E-state index in [2.05, 4.69) is 50.5 Å². The van der Waals surface area contributed by atoms with Gasteiger partial charge in [-0.25, -0.2) is 4.79 Å². The van der Waals surface area contributed by atoms with Gasteiger partial charge in [-0.15, -0.1) is 11.8 Å². The molecule has 160 valence electrons. The lowest BCUT2D eigenvalue weighted by molar-refractivity contribution is -0.148. The number of nitrogens with zero attached hydrogens (tertiary/aromatic N) is 1. The van der Waals surface area contributed by atoms with Crippen molar-refractivity contribution in [1.82, 2.24) is 10.2 Å². The van der Waals surface area contributed by atoms with E-state index in [1.807, 2.05) is 48.5 Å². The molecule has 1 saturated heterocycles. The number of carboxylic acid groups (broad SMARTS) is 1. The number of rotatable bonds is 6. The monoisotopic (exact) mass is 694 g/mol. The van der Waals surface area contributed by atoms with E-state index in [0.717, 1.165) is 17.6 Å². The van der Waals surface area contributed by atoms with Crippen LogP contribution in [0, 0.1) is 7.14 Å². The van der Waals surface area contributed by atoms with E-state index >= 15 is 0 Å². The summed E-state index contributed by atoms with van der Waals surface area (Å²) in [7, 11) is 0. The van der Waals surface area contributed by atoms with Crippen molar-refractivity contribution >= 4 is 97.8 Å². The van der Waals surface area contributed by atoms with Crippen LogP contribution >= 0.6 is 80.9 Å². The Morgan fingerprint density at radius 2 is 1.87 bits per heavy atom. The first-order chi connectivity index (χ1) is 14.9. The third kappa shape index (κ3) is 4.92. The molecule has 1 fully saturated rings. The molecular formula is C21H16I2N2O3S3. The summed E-state index contributed by atoms with van der Waals surface area (Å²) < 4.78 is 2.16. The van der Waals surface area contributed by atoms with Gasteiger partial charge in [-0.05, 0) is 68.9 Å². The minimum atomic E-state index is -1.08. The molecule has 0 spiro atoms. The molecule has 0 radical (unpaired) electrons. The molecule has 0 bridgehead atoms. The number of halogens is 2. The Morgan fingerprint density at radius 3 is 2.55 bits per heavy atom. The van der Waals surface area contributed by atoms with Gasteiger partial charge in [0.05, 0.1) is 4.99 Å². The molecule has 2 heterocycles. The number of carboxylic acids is 1. The summed E-state index contributed by atoms with van der Waals surface area (Å²) >= 11 is 13.0. The number of β-lactam (4-membered cyclic amide) rings is 1. The minimum absolute atomic E-state index is 0.0833. The quantitative estimate of drug-likeness (QED) is 0.258. The van der Waals surface area contributed by atoms with Gasteiger partial charge in [-0.2, -0.15) is 0 Å². The SMILES string of the molecule is O=C(O)C1=C(Sc2ccccc2I)CS[C@@H]2[C@H](NC(=S)Cc3ccccc3I)C(=O)N12. The molecule has 2 aromatic carbocycles. The molecular weight excluding hydrogens is 678 g/mol. The second-order valence-electron chi connectivity index (χ2n) is 6.83. The Labute approximate surface area is 221 Å². The molecule has 2 aliphatic rings. The molecule has 4 rings (SSSR count). The number of aliphatic carboxylic acids is 1. The van der Waals surface area contributed by atoms with Crippen LogP contribution in [-0.4, -0.2) is 44.0 Å². The van der Waals surface area contributed by atoms with Crippen molar-refractivity contribution < 1.29 is 14.7 Å². The smallest absolute Gasteiger partial charge is 0.353 e. The van der Waals surface area contributed by atoms with Crippen LogP contribution in [0.15, 0.2) is 64.0 Å². The van der Waals surface area contributed by atoms with Gasteiger partial charge in [0.2, 0.25) is 0 Å². The summed E-state index contributed by atoms with van der Waals surface area (Å²) in [5.74, 6) is -0.791. The number of thiocarbonyl (C=S) groups is 1. The third-order valence-corrected chi connectivity index (χ3v) is 10.1. The number of nitrogens with one attached hydrogen (secondary N) is 1. The van der Waals surface area contributed by atoms with E-state index in [1.165, 1.54) is 16.7 Å². The van der Waals surface area contributed by atoms with Crippen molar-refractivity contribution in [3.8, 4) is 0 Å². The summed E-state index contributed by atoms with van der Waals surface area (Å²) in [6.45, 7) is 0. The van der Waals surface area contributed by atoms with Crippen LogP contribution in [0.5, 0.6) is 0 Å². The molecule has 1 amide bonds. The number of thioether (sulfide) groups is 2. The molecule has 2 aromatic rings. The van der Waals surface area contributed by atoms with Crippen molar-refractivity contribution in [2.45, 2.75) is 22.7 Å². The largest absolute Gasteiger partial charge is 0.477 e. The van der Waals surface area contributed by atoms with Gasteiger partial charge < -0.3 is 10.4 Å². The van der Waals surface area contributed by atoms with Gasteiger partial charge in [-0.3, -0.25) is 9.69 Å². The molecule has 0 saturated carbocycles. The lowest BCUT2D eigenvalue weighted by Crippen LogP contribution is -2.70. The van der Waals surface area contributed by atoms with Crippen LogP contribution in [0.4, 0.5) is 0 Å². The van der Waals surface area contributed by atoms with Gasteiger partial charge in [0, 0.05) is 29.1 Å². The van der Waals surface area contributed by atoms with Gasteiger partial charge >= 0.3 is 5.97 Å². The maximum atomic E-state index is 12.9. The molecule has 2 atom stereocenters. The standard InChI is InChI=1S/C21H16I2N2O3S3/c22-12-6-2-1-5-11(12)9-16(29)24-17-19(26)25-18(21(27)28)15(10-30-20(17)25)31-14-8-4-3-7-13(14)23/h1-8,17,20H,9-10H2,(H,24,29)(H,27,28)/t17-,20-/m1/s1. The van der Waals surface area contributed by atoms with Crippen molar-refractivity contribution in [2.75, 3.05) is 5.75 Å². The highest BCUT2D eigenvalue weighted by Gasteiger charge is 2.54. The first kappa shape index (κ1) is 23.3. The summed E-state index contributed by atoms with van der Waals surface area (Å²) in [6.07, 6.45) is 0.546.